The highest BCUT2D eigenvalue weighted by atomic mass is 16.4. The summed E-state index contributed by atoms with van der Waals surface area (Å²) in [6.07, 6.45) is 3.22. The van der Waals surface area contributed by atoms with Crippen LogP contribution in [-0.2, 0) is 4.79 Å². The minimum atomic E-state index is -0.958. The molecule has 1 fully saturated rings. The molecule has 1 rings (SSSR count). The molecule has 1 aliphatic rings. The molecule has 1 N–H and O–H groups in total. The number of amides is 2. The van der Waals surface area contributed by atoms with Crippen LogP contribution in [0.2, 0.25) is 0 Å². The molecule has 1 aliphatic heterocycles. The van der Waals surface area contributed by atoms with E-state index in [0.29, 0.717) is 5.92 Å². The molecule has 1 heterocycles. The first kappa shape index (κ1) is 14.8. The van der Waals surface area contributed by atoms with Crippen LogP contribution in [0.5, 0.6) is 0 Å². The van der Waals surface area contributed by atoms with E-state index >= 15 is 0 Å². The number of carboxylic acids is 1. The van der Waals surface area contributed by atoms with Gasteiger partial charge in [-0.15, -0.1) is 0 Å². The van der Waals surface area contributed by atoms with Crippen molar-refractivity contribution in [3.63, 3.8) is 0 Å². The summed E-state index contributed by atoms with van der Waals surface area (Å²) in [7, 11) is 0. The zero-order chi connectivity index (χ0) is 13.7. The molecule has 0 spiro atoms. The summed E-state index contributed by atoms with van der Waals surface area (Å²) in [6.45, 7) is 7.15. The smallest absolute Gasteiger partial charge is 0.323 e. The van der Waals surface area contributed by atoms with Crippen molar-refractivity contribution in [1.29, 1.82) is 0 Å². The zero-order valence-electron chi connectivity index (χ0n) is 11.6. The first-order valence-electron chi connectivity index (χ1n) is 6.73. The fraction of sp³-hybridized carbons (Fsp3) is 0.846. The maximum Gasteiger partial charge on any atom is 0.323 e. The van der Waals surface area contributed by atoms with E-state index in [4.69, 9.17) is 5.11 Å². The topological polar surface area (TPSA) is 60.9 Å². The quantitative estimate of drug-likeness (QED) is 0.837. The summed E-state index contributed by atoms with van der Waals surface area (Å²) >= 11 is 0. The molecule has 104 valence electrons. The molecule has 0 aromatic carbocycles. The Balaban J connectivity index is 2.58. The third-order valence-corrected chi connectivity index (χ3v) is 3.64. The van der Waals surface area contributed by atoms with Gasteiger partial charge >= 0.3 is 12.0 Å². The number of urea groups is 1. The number of carboxylic acid groups (broad SMARTS) is 1. The molecule has 2 amide bonds. The van der Waals surface area contributed by atoms with Crippen molar-refractivity contribution in [2.24, 2.45) is 5.92 Å². The summed E-state index contributed by atoms with van der Waals surface area (Å²) in [4.78, 5) is 26.3. The van der Waals surface area contributed by atoms with Gasteiger partial charge < -0.3 is 14.9 Å². The number of rotatable bonds is 4. The molecule has 5 nitrogen and oxygen atoms in total. The lowest BCUT2D eigenvalue weighted by atomic mass is 9.95. The molecule has 0 radical (unpaired) electrons. The first-order chi connectivity index (χ1) is 8.45. The number of hydrogen-bond acceptors (Lipinski definition) is 2. The van der Waals surface area contributed by atoms with Crippen LogP contribution in [0.25, 0.3) is 0 Å². The third-order valence-electron chi connectivity index (χ3n) is 3.64. The van der Waals surface area contributed by atoms with Gasteiger partial charge in [-0.3, -0.25) is 4.79 Å². The Morgan fingerprint density at radius 1 is 1.33 bits per heavy atom. The van der Waals surface area contributed by atoms with Crippen molar-refractivity contribution in [2.75, 3.05) is 19.6 Å². The predicted octanol–water partition coefficient (Wildman–Crippen LogP) is 2.02. The van der Waals surface area contributed by atoms with Crippen molar-refractivity contribution in [2.45, 2.75) is 46.1 Å². The predicted molar refractivity (Wildman–Crippen MR) is 69.5 cm³/mol. The molecule has 5 heteroatoms. The van der Waals surface area contributed by atoms with Crippen LogP contribution in [0.3, 0.4) is 0 Å². The van der Waals surface area contributed by atoms with Crippen LogP contribution >= 0.6 is 0 Å². The number of hydrogen-bond donors (Lipinski definition) is 1. The third kappa shape index (κ3) is 3.89. The summed E-state index contributed by atoms with van der Waals surface area (Å²) < 4.78 is 0. The van der Waals surface area contributed by atoms with Crippen molar-refractivity contribution in [1.82, 2.24) is 9.80 Å². The van der Waals surface area contributed by atoms with Crippen molar-refractivity contribution in [3.05, 3.63) is 0 Å². The van der Waals surface area contributed by atoms with E-state index < -0.39 is 5.97 Å². The van der Waals surface area contributed by atoms with E-state index in [1.54, 1.807) is 4.90 Å². The monoisotopic (exact) mass is 256 g/mol. The summed E-state index contributed by atoms with van der Waals surface area (Å²) in [5.74, 6) is -0.249. The minimum Gasteiger partial charge on any atom is -0.480 e. The molecule has 1 saturated heterocycles. The Kier molecular flexibility index (Phi) is 5.44. The average Bonchev–Trinajstić information content (AvgIpc) is 2.34. The van der Waals surface area contributed by atoms with Gasteiger partial charge in [0.25, 0.3) is 0 Å². The highest BCUT2D eigenvalue weighted by Crippen LogP contribution is 2.21. The Morgan fingerprint density at radius 2 is 1.89 bits per heavy atom. The normalized spacial score (nSPS) is 17.0. The van der Waals surface area contributed by atoms with Crippen molar-refractivity contribution >= 4 is 12.0 Å². The number of nitrogens with zero attached hydrogens (tertiary/aromatic N) is 2. The largest absolute Gasteiger partial charge is 0.480 e. The van der Waals surface area contributed by atoms with Crippen LogP contribution in [0.1, 0.15) is 40.0 Å². The van der Waals surface area contributed by atoms with Gasteiger partial charge in [-0.05, 0) is 32.6 Å². The van der Waals surface area contributed by atoms with E-state index in [0.717, 1.165) is 32.4 Å². The second-order valence-electron chi connectivity index (χ2n) is 5.24. The second-order valence-corrected chi connectivity index (χ2v) is 5.24. The standard InChI is InChI=1S/C13H24N2O3/c1-4-11-5-7-14(8-6-11)13(18)15(10(2)3)9-12(16)17/h10-11H,4-9H2,1-3H3,(H,16,17). The maximum atomic E-state index is 12.3. The summed E-state index contributed by atoms with van der Waals surface area (Å²) in [6, 6.07) is -0.223. The van der Waals surface area contributed by atoms with E-state index in [1.807, 2.05) is 13.8 Å². The molecule has 0 unspecified atom stereocenters. The molecule has 0 aromatic rings. The number of aliphatic carboxylic acids is 1. The Morgan fingerprint density at radius 3 is 2.28 bits per heavy atom. The second kappa shape index (κ2) is 6.61. The highest BCUT2D eigenvalue weighted by molar-refractivity contribution is 5.80. The van der Waals surface area contributed by atoms with Gasteiger partial charge in [0.05, 0.1) is 0 Å². The summed E-state index contributed by atoms with van der Waals surface area (Å²) in [5.41, 5.74) is 0. The fourth-order valence-electron chi connectivity index (χ4n) is 2.33. The molecular weight excluding hydrogens is 232 g/mol. The van der Waals surface area contributed by atoms with E-state index in [2.05, 4.69) is 6.92 Å². The van der Waals surface area contributed by atoms with Crippen LogP contribution in [0.15, 0.2) is 0 Å². The number of carbonyl (C=O) groups is 2. The summed E-state index contributed by atoms with van der Waals surface area (Å²) in [5, 5.41) is 8.85. The fourth-order valence-corrected chi connectivity index (χ4v) is 2.33. The van der Waals surface area contributed by atoms with Crippen LogP contribution in [0, 0.1) is 5.92 Å². The Bertz CT molecular complexity index is 297. The average molecular weight is 256 g/mol. The SMILES string of the molecule is CCC1CCN(C(=O)N(CC(=O)O)C(C)C)CC1. The van der Waals surface area contributed by atoms with E-state index in [1.165, 1.54) is 4.90 Å². The number of carbonyl (C=O) groups excluding carboxylic acids is 1. The van der Waals surface area contributed by atoms with Gasteiger partial charge in [0, 0.05) is 19.1 Å². The molecule has 0 atom stereocenters. The molecule has 18 heavy (non-hydrogen) atoms. The minimum absolute atomic E-state index is 0.0856. The lowest BCUT2D eigenvalue weighted by Gasteiger charge is -2.36. The number of likely N-dealkylation sites (tertiary alicyclic amines) is 1. The zero-order valence-corrected chi connectivity index (χ0v) is 11.6. The van der Waals surface area contributed by atoms with Crippen molar-refractivity contribution < 1.29 is 14.7 Å². The van der Waals surface area contributed by atoms with Crippen LogP contribution in [0.4, 0.5) is 4.79 Å². The lowest BCUT2D eigenvalue weighted by Crippen LogP contribution is -2.50. The van der Waals surface area contributed by atoms with Gasteiger partial charge in [-0.2, -0.15) is 0 Å². The maximum absolute atomic E-state index is 12.3. The Labute approximate surface area is 109 Å². The first-order valence-corrected chi connectivity index (χ1v) is 6.73. The van der Waals surface area contributed by atoms with Gasteiger partial charge in [-0.25, -0.2) is 4.79 Å². The molecule has 0 bridgehead atoms. The van der Waals surface area contributed by atoms with Crippen LogP contribution < -0.4 is 0 Å². The lowest BCUT2D eigenvalue weighted by molar-refractivity contribution is -0.138. The van der Waals surface area contributed by atoms with Gasteiger partial charge in [0.2, 0.25) is 0 Å². The van der Waals surface area contributed by atoms with E-state index in [-0.39, 0.29) is 18.6 Å². The van der Waals surface area contributed by atoms with Gasteiger partial charge in [-0.1, -0.05) is 13.3 Å². The van der Waals surface area contributed by atoms with E-state index in [9.17, 15) is 9.59 Å². The molecule has 0 aliphatic carbocycles. The molecular formula is C13H24N2O3. The van der Waals surface area contributed by atoms with Gasteiger partial charge in [0.1, 0.15) is 6.54 Å². The van der Waals surface area contributed by atoms with Crippen LogP contribution in [-0.4, -0.2) is 52.6 Å². The molecule has 0 aromatic heterocycles. The van der Waals surface area contributed by atoms with Gasteiger partial charge in [0.15, 0.2) is 0 Å². The highest BCUT2D eigenvalue weighted by Gasteiger charge is 2.28. The number of piperidine rings is 1. The Hall–Kier alpha value is -1.26. The molecule has 0 saturated carbocycles. The van der Waals surface area contributed by atoms with Crippen molar-refractivity contribution in [3.8, 4) is 0 Å².